The van der Waals surface area contributed by atoms with Gasteiger partial charge in [0.15, 0.2) is 0 Å². The summed E-state index contributed by atoms with van der Waals surface area (Å²) in [6, 6.07) is 5.71. The van der Waals surface area contributed by atoms with Gasteiger partial charge in [-0.2, -0.15) is 0 Å². The van der Waals surface area contributed by atoms with Crippen LogP contribution in [0.25, 0.3) is 0 Å². The number of carbonyl (C=O) groups excluding carboxylic acids is 2. The summed E-state index contributed by atoms with van der Waals surface area (Å²) in [6.07, 6.45) is 1.01. The number of amides is 2. The van der Waals surface area contributed by atoms with Gasteiger partial charge in [-0.1, -0.05) is 19.9 Å². The molecule has 0 bridgehead atoms. The molecule has 0 radical (unpaired) electrons. The summed E-state index contributed by atoms with van der Waals surface area (Å²) >= 11 is 0. The molecule has 1 aliphatic rings. The third-order valence-corrected chi connectivity index (χ3v) is 3.32. The Morgan fingerprint density at radius 1 is 1.25 bits per heavy atom. The number of fused-ring (bicyclic) bond motifs is 1. The summed E-state index contributed by atoms with van der Waals surface area (Å²) in [7, 11) is 0. The van der Waals surface area contributed by atoms with Crippen molar-refractivity contribution in [3.63, 3.8) is 0 Å². The second-order valence-electron chi connectivity index (χ2n) is 5.25. The molecule has 108 valence electrons. The van der Waals surface area contributed by atoms with Gasteiger partial charge in [-0.15, -0.1) is 0 Å². The van der Waals surface area contributed by atoms with Crippen molar-refractivity contribution in [2.75, 3.05) is 25.0 Å². The molecule has 0 spiro atoms. The zero-order valence-corrected chi connectivity index (χ0v) is 12.0. The minimum Gasteiger partial charge on any atom is -0.384 e. The average molecular weight is 275 g/mol. The normalized spacial score (nSPS) is 12.8. The molecule has 1 aliphatic heterocycles. The number of nitrogens with one attached hydrogen (secondary N) is 3. The number of carbonyl (C=O) groups is 2. The number of hydrogen-bond donors (Lipinski definition) is 3. The van der Waals surface area contributed by atoms with Gasteiger partial charge in [-0.3, -0.25) is 9.59 Å². The van der Waals surface area contributed by atoms with Crippen molar-refractivity contribution >= 4 is 17.5 Å². The maximum absolute atomic E-state index is 12.0. The van der Waals surface area contributed by atoms with Crippen LogP contribution >= 0.6 is 0 Å². The van der Waals surface area contributed by atoms with Crippen molar-refractivity contribution in [3.8, 4) is 0 Å². The first kappa shape index (κ1) is 14.4. The van der Waals surface area contributed by atoms with E-state index in [1.807, 2.05) is 32.0 Å². The van der Waals surface area contributed by atoms with E-state index < -0.39 is 0 Å². The molecule has 5 nitrogen and oxygen atoms in total. The van der Waals surface area contributed by atoms with E-state index in [0.29, 0.717) is 18.7 Å². The van der Waals surface area contributed by atoms with Crippen LogP contribution in [0.2, 0.25) is 0 Å². The molecular formula is C15H21N3O2. The Hall–Kier alpha value is -2.04. The zero-order chi connectivity index (χ0) is 14.5. The Kier molecular flexibility index (Phi) is 4.61. The van der Waals surface area contributed by atoms with Crippen molar-refractivity contribution in [3.05, 3.63) is 29.3 Å². The molecule has 0 fully saturated rings. The Bertz CT molecular complexity index is 512. The van der Waals surface area contributed by atoms with E-state index in [1.165, 1.54) is 5.56 Å². The monoisotopic (exact) mass is 275 g/mol. The Balaban J connectivity index is 1.79. The molecule has 0 aromatic heterocycles. The fourth-order valence-electron chi connectivity index (χ4n) is 2.10. The van der Waals surface area contributed by atoms with Crippen LogP contribution in [0.5, 0.6) is 0 Å². The standard InChI is InChI=1S/C15H21N3O2/c1-10(2)14(19)17-7-8-18-15(20)12-4-3-11-5-6-16-13(11)9-12/h3-4,9-10,16H,5-8H2,1-2H3,(H,17,19)(H,18,20). The van der Waals surface area contributed by atoms with E-state index in [4.69, 9.17) is 0 Å². The molecule has 0 unspecified atom stereocenters. The van der Waals surface area contributed by atoms with Gasteiger partial charge in [-0.05, 0) is 24.1 Å². The van der Waals surface area contributed by atoms with E-state index in [1.54, 1.807) is 0 Å². The predicted octanol–water partition coefficient (Wildman–Crippen LogP) is 1.16. The largest absolute Gasteiger partial charge is 0.384 e. The van der Waals surface area contributed by atoms with Crippen molar-refractivity contribution in [2.45, 2.75) is 20.3 Å². The fourth-order valence-corrected chi connectivity index (χ4v) is 2.10. The molecule has 0 aliphatic carbocycles. The van der Waals surface area contributed by atoms with Crippen LogP contribution in [0.15, 0.2) is 18.2 Å². The van der Waals surface area contributed by atoms with Gasteiger partial charge in [-0.25, -0.2) is 0 Å². The third-order valence-electron chi connectivity index (χ3n) is 3.32. The molecular weight excluding hydrogens is 254 g/mol. The molecule has 1 aromatic carbocycles. The topological polar surface area (TPSA) is 70.2 Å². The van der Waals surface area contributed by atoms with Gasteiger partial charge in [0.2, 0.25) is 5.91 Å². The van der Waals surface area contributed by atoms with Gasteiger partial charge >= 0.3 is 0 Å². The lowest BCUT2D eigenvalue weighted by Gasteiger charge is -2.09. The highest BCUT2D eigenvalue weighted by atomic mass is 16.2. The highest BCUT2D eigenvalue weighted by Gasteiger charge is 2.13. The maximum atomic E-state index is 12.0. The SMILES string of the molecule is CC(C)C(=O)NCCNC(=O)c1ccc2c(c1)NCC2. The second kappa shape index (κ2) is 6.41. The van der Waals surface area contributed by atoms with Gasteiger partial charge in [0, 0.05) is 36.8 Å². The van der Waals surface area contributed by atoms with Crippen LogP contribution in [-0.4, -0.2) is 31.4 Å². The molecule has 1 heterocycles. The number of anilines is 1. The molecule has 0 saturated carbocycles. The van der Waals surface area contributed by atoms with Gasteiger partial charge in [0.1, 0.15) is 0 Å². The second-order valence-corrected chi connectivity index (χ2v) is 5.25. The van der Waals surface area contributed by atoms with Crippen LogP contribution in [0.4, 0.5) is 5.69 Å². The minimum atomic E-state index is -0.111. The summed E-state index contributed by atoms with van der Waals surface area (Å²) in [6.45, 7) is 5.49. The van der Waals surface area contributed by atoms with Crippen molar-refractivity contribution < 1.29 is 9.59 Å². The molecule has 0 saturated heterocycles. The third kappa shape index (κ3) is 3.50. The molecule has 1 aromatic rings. The average Bonchev–Trinajstić information content (AvgIpc) is 2.90. The number of rotatable bonds is 5. The Labute approximate surface area is 119 Å². The molecule has 0 atom stereocenters. The first-order valence-electron chi connectivity index (χ1n) is 7.00. The van der Waals surface area contributed by atoms with Gasteiger partial charge < -0.3 is 16.0 Å². The zero-order valence-electron chi connectivity index (χ0n) is 12.0. The van der Waals surface area contributed by atoms with E-state index in [9.17, 15) is 9.59 Å². The molecule has 5 heteroatoms. The summed E-state index contributed by atoms with van der Waals surface area (Å²) < 4.78 is 0. The van der Waals surface area contributed by atoms with Gasteiger partial charge in [0.25, 0.3) is 5.91 Å². The van der Waals surface area contributed by atoms with Crippen LogP contribution in [0.3, 0.4) is 0 Å². The maximum Gasteiger partial charge on any atom is 0.251 e. The lowest BCUT2D eigenvalue weighted by Crippen LogP contribution is -2.36. The van der Waals surface area contributed by atoms with E-state index in [0.717, 1.165) is 18.7 Å². The lowest BCUT2D eigenvalue weighted by atomic mass is 10.1. The lowest BCUT2D eigenvalue weighted by molar-refractivity contribution is -0.123. The van der Waals surface area contributed by atoms with Crippen molar-refractivity contribution in [1.82, 2.24) is 10.6 Å². The number of benzene rings is 1. The fraction of sp³-hybridized carbons (Fsp3) is 0.467. The summed E-state index contributed by atoms with van der Waals surface area (Å²) in [5.41, 5.74) is 2.95. The summed E-state index contributed by atoms with van der Waals surface area (Å²) in [4.78, 5) is 23.3. The first-order valence-corrected chi connectivity index (χ1v) is 7.00. The smallest absolute Gasteiger partial charge is 0.251 e. The van der Waals surface area contributed by atoms with Gasteiger partial charge in [0.05, 0.1) is 0 Å². The molecule has 20 heavy (non-hydrogen) atoms. The van der Waals surface area contributed by atoms with E-state index in [-0.39, 0.29) is 17.7 Å². The highest BCUT2D eigenvalue weighted by Crippen LogP contribution is 2.22. The van der Waals surface area contributed by atoms with E-state index in [2.05, 4.69) is 16.0 Å². The van der Waals surface area contributed by atoms with E-state index >= 15 is 0 Å². The van der Waals surface area contributed by atoms with Crippen LogP contribution in [-0.2, 0) is 11.2 Å². The summed E-state index contributed by atoms with van der Waals surface area (Å²) in [5, 5.41) is 8.82. The first-order chi connectivity index (χ1) is 9.58. The molecule has 2 rings (SSSR count). The Morgan fingerprint density at radius 2 is 2.00 bits per heavy atom. The predicted molar refractivity (Wildman–Crippen MR) is 78.8 cm³/mol. The highest BCUT2D eigenvalue weighted by molar-refractivity contribution is 5.95. The Morgan fingerprint density at radius 3 is 2.75 bits per heavy atom. The summed E-state index contributed by atoms with van der Waals surface area (Å²) in [5.74, 6) is -0.144. The minimum absolute atomic E-state index is 0.000907. The van der Waals surface area contributed by atoms with Crippen LogP contribution in [0, 0.1) is 5.92 Å². The molecule has 3 N–H and O–H groups in total. The quantitative estimate of drug-likeness (QED) is 0.706. The van der Waals surface area contributed by atoms with Crippen molar-refractivity contribution in [2.24, 2.45) is 5.92 Å². The van der Waals surface area contributed by atoms with Crippen LogP contribution < -0.4 is 16.0 Å². The number of hydrogen-bond acceptors (Lipinski definition) is 3. The molecule has 2 amide bonds. The van der Waals surface area contributed by atoms with Crippen molar-refractivity contribution in [1.29, 1.82) is 0 Å². The van der Waals surface area contributed by atoms with Crippen LogP contribution in [0.1, 0.15) is 29.8 Å².